The molecule has 0 bridgehead atoms. The number of hydrogen-bond donors (Lipinski definition) is 2. The molecule has 0 radical (unpaired) electrons. The Hall–Kier alpha value is -2.89. The van der Waals surface area contributed by atoms with Crippen LogP contribution in [0.2, 0.25) is 0 Å². The third-order valence-electron chi connectivity index (χ3n) is 5.27. The van der Waals surface area contributed by atoms with Gasteiger partial charge in [-0.1, -0.05) is 18.2 Å². The Bertz CT molecular complexity index is 918. The summed E-state index contributed by atoms with van der Waals surface area (Å²) in [5, 5.41) is 12.7. The maximum absolute atomic E-state index is 12.6. The Morgan fingerprint density at radius 1 is 1.26 bits per heavy atom. The molecule has 6 nitrogen and oxygen atoms in total. The van der Waals surface area contributed by atoms with Crippen molar-refractivity contribution >= 4 is 22.6 Å². The predicted octanol–water partition coefficient (Wildman–Crippen LogP) is 2.84. The first-order valence-corrected chi connectivity index (χ1v) is 9.59. The highest BCUT2D eigenvalue weighted by atomic mass is 16.1. The number of anilines is 1. The summed E-state index contributed by atoms with van der Waals surface area (Å²) >= 11 is 0. The zero-order valence-corrected chi connectivity index (χ0v) is 15.6. The standard InChI is InChI=1S/C21H25N5O/c1-15-8-9-20(25-24-15)26-12-4-5-17(14-26)21(27)22-11-10-16-13-23-19-7-3-2-6-18(16)19/h2-3,6-9,13,17,23H,4-5,10-12,14H2,1H3,(H,22,27). The van der Waals surface area contributed by atoms with Crippen LogP contribution >= 0.6 is 0 Å². The zero-order chi connectivity index (χ0) is 18.6. The largest absolute Gasteiger partial charge is 0.361 e. The number of nitrogens with one attached hydrogen (secondary N) is 2. The van der Waals surface area contributed by atoms with Gasteiger partial charge in [-0.05, 0) is 49.9 Å². The number of hydrogen-bond acceptors (Lipinski definition) is 4. The van der Waals surface area contributed by atoms with E-state index in [1.54, 1.807) is 0 Å². The minimum atomic E-state index is 0.00446. The normalized spacial score (nSPS) is 17.2. The van der Waals surface area contributed by atoms with E-state index in [-0.39, 0.29) is 11.8 Å². The number of nitrogens with zero attached hydrogens (tertiary/aromatic N) is 3. The van der Waals surface area contributed by atoms with Gasteiger partial charge in [0.1, 0.15) is 0 Å². The second kappa shape index (κ2) is 7.78. The Balaban J connectivity index is 1.32. The molecule has 1 aliphatic heterocycles. The molecule has 2 aromatic heterocycles. The molecule has 1 fully saturated rings. The molecule has 140 valence electrons. The molecule has 1 amide bonds. The summed E-state index contributed by atoms with van der Waals surface area (Å²) in [5.41, 5.74) is 3.29. The van der Waals surface area contributed by atoms with Gasteiger partial charge in [0.05, 0.1) is 11.6 Å². The second-order valence-corrected chi connectivity index (χ2v) is 7.22. The van der Waals surface area contributed by atoms with Crippen molar-refractivity contribution < 1.29 is 4.79 Å². The fourth-order valence-electron chi connectivity index (χ4n) is 3.76. The molecule has 0 saturated carbocycles. The van der Waals surface area contributed by atoms with E-state index in [4.69, 9.17) is 0 Å². The molecule has 4 rings (SSSR count). The first-order chi connectivity index (χ1) is 13.2. The van der Waals surface area contributed by atoms with Gasteiger partial charge < -0.3 is 15.2 Å². The molecule has 1 atom stereocenters. The van der Waals surface area contributed by atoms with Crippen molar-refractivity contribution in [1.29, 1.82) is 0 Å². The topological polar surface area (TPSA) is 73.9 Å². The van der Waals surface area contributed by atoms with Crippen LogP contribution in [0.4, 0.5) is 5.82 Å². The zero-order valence-electron chi connectivity index (χ0n) is 15.6. The molecule has 1 unspecified atom stereocenters. The maximum atomic E-state index is 12.6. The van der Waals surface area contributed by atoms with Crippen LogP contribution in [0.3, 0.4) is 0 Å². The Kier molecular flexibility index (Phi) is 5.05. The van der Waals surface area contributed by atoms with Crippen LogP contribution < -0.4 is 10.2 Å². The lowest BCUT2D eigenvalue weighted by Crippen LogP contribution is -2.43. The van der Waals surface area contributed by atoms with Crippen LogP contribution in [-0.4, -0.2) is 40.7 Å². The number of rotatable bonds is 5. The highest BCUT2D eigenvalue weighted by Crippen LogP contribution is 2.22. The lowest BCUT2D eigenvalue weighted by atomic mass is 9.97. The predicted molar refractivity (Wildman–Crippen MR) is 107 cm³/mol. The molecule has 0 spiro atoms. The van der Waals surface area contributed by atoms with Gasteiger partial charge in [0, 0.05) is 36.7 Å². The van der Waals surface area contributed by atoms with Gasteiger partial charge in [-0.3, -0.25) is 4.79 Å². The smallest absolute Gasteiger partial charge is 0.224 e. The summed E-state index contributed by atoms with van der Waals surface area (Å²) in [7, 11) is 0. The molecule has 2 N–H and O–H groups in total. The van der Waals surface area contributed by atoms with E-state index in [0.29, 0.717) is 13.1 Å². The van der Waals surface area contributed by atoms with Crippen molar-refractivity contribution in [1.82, 2.24) is 20.5 Å². The molecule has 3 heterocycles. The van der Waals surface area contributed by atoms with E-state index in [9.17, 15) is 4.79 Å². The second-order valence-electron chi connectivity index (χ2n) is 7.22. The van der Waals surface area contributed by atoms with E-state index in [1.165, 1.54) is 10.9 Å². The van der Waals surface area contributed by atoms with E-state index >= 15 is 0 Å². The van der Waals surface area contributed by atoms with Crippen molar-refractivity contribution in [3.8, 4) is 0 Å². The molecular weight excluding hydrogens is 338 g/mol. The highest BCUT2D eigenvalue weighted by Gasteiger charge is 2.26. The van der Waals surface area contributed by atoms with Crippen LogP contribution in [-0.2, 0) is 11.2 Å². The van der Waals surface area contributed by atoms with E-state index in [1.807, 2.05) is 37.4 Å². The lowest BCUT2D eigenvalue weighted by molar-refractivity contribution is -0.125. The number of H-pyrrole nitrogens is 1. The summed E-state index contributed by atoms with van der Waals surface area (Å²) < 4.78 is 0. The monoisotopic (exact) mass is 363 g/mol. The molecule has 6 heteroatoms. The van der Waals surface area contributed by atoms with E-state index in [2.05, 4.69) is 37.5 Å². The fraction of sp³-hybridized carbons (Fsp3) is 0.381. The summed E-state index contributed by atoms with van der Waals surface area (Å²) in [6, 6.07) is 12.2. The van der Waals surface area contributed by atoms with E-state index in [0.717, 1.165) is 42.8 Å². The number of aromatic nitrogens is 3. The van der Waals surface area contributed by atoms with Crippen LogP contribution in [0, 0.1) is 12.8 Å². The Morgan fingerprint density at radius 3 is 3.00 bits per heavy atom. The summed E-state index contributed by atoms with van der Waals surface area (Å²) in [5.74, 6) is 1.00. The van der Waals surface area contributed by atoms with Crippen LogP contribution in [0.15, 0.2) is 42.6 Å². The number of para-hydroxylation sites is 1. The minimum Gasteiger partial charge on any atom is -0.361 e. The van der Waals surface area contributed by atoms with Crippen LogP contribution in [0.25, 0.3) is 10.9 Å². The SMILES string of the molecule is Cc1ccc(N2CCCC(C(=O)NCCc3c[nH]c4ccccc34)C2)nn1. The van der Waals surface area contributed by atoms with Crippen LogP contribution in [0.1, 0.15) is 24.1 Å². The number of aromatic amines is 1. The van der Waals surface area contributed by atoms with Crippen molar-refractivity contribution in [2.45, 2.75) is 26.2 Å². The van der Waals surface area contributed by atoms with E-state index < -0.39 is 0 Å². The van der Waals surface area contributed by atoms with Gasteiger partial charge >= 0.3 is 0 Å². The van der Waals surface area contributed by atoms with Gasteiger partial charge in [0.25, 0.3) is 0 Å². The lowest BCUT2D eigenvalue weighted by Gasteiger charge is -2.32. The summed E-state index contributed by atoms with van der Waals surface area (Å²) in [4.78, 5) is 18.1. The quantitative estimate of drug-likeness (QED) is 0.731. The first kappa shape index (κ1) is 17.5. The van der Waals surface area contributed by atoms with Gasteiger partial charge in [-0.25, -0.2) is 0 Å². The molecule has 3 aromatic rings. The summed E-state index contributed by atoms with van der Waals surface area (Å²) in [6.07, 6.45) is 4.79. The number of amides is 1. The van der Waals surface area contributed by atoms with Crippen LogP contribution in [0.5, 0.6) is 0 Å². The molecule has 1 aliphatic rings. The number of fused-ring (bicyclic) bond motifs is 1. The Morgan fingerprint density at radius 2 is 2.15 bits per heavy atom. The number of carbonyl (C=O) groups is 1. The molecule has 1 aromatic carbocycles. The molecular formula is C21H25N5O. The summed E-state index contributed by atoms with van der Waals surface area (Å²) in [6.45, 7) is 4.21. The molecule has 0 aliphatic carbocycles. The average molecular weight is 363 g/mol. The molecule has 27 heavy (non-hydrogen) atoms. The van der Waals surface area contributed by atoms with Gasteiger partial charge in [0.2, 0.25) is 5.91 Å². The Labute approximate surface area is 159 Å². The van der Waals surface area contributed by atoms with Crippen molar-refractivity contribution in [2.24, 2.45) is 5.92 Å². The number of aryl methyl sites for hydroxylation is 1. The van der Waals surface area contributed by atoms with Gasteiger partial charge in [-0.2, -0.15) is 5.10 Å². The minimum absolute atomic E-state index is 0.00446. The number of carbonyl (C=O) groups excluding carboxylic acids is 1. The third-order valence-corrected chi connectivity index (χ3v) is 5.27. The van der Waals surface area contributed by atoms with Gasteiger partial charge in [0.15, 0.2) is 5.82 Å². The first-order valence-electron chi connectivity index (χ1n) is 9.59. The van der Waals surface area contributed by atoms with Crippen molar-refractivity contribution in [3.63, 3.8) is 0 Å². The van der Waals surface area contributed by atoms with Gasteiger partial charge in [-0.15, -0.1) is 5.10 Å². The maximum Gasteiger partial charge on any atom is 0.224 e. The number of benzene rings is 1. The third kappa shape index (κ3) is 3.94. The molecule has 1 saturated heterocycles. The number of piperidine rings is 1. The highest BCUT2D eigenvalue weighted by molar-refractivity contribution is 5.83. The fourth-order valence-corrected chi connectivity index (χ4v) is 3.76. The average Bonchev–Trinajstić information content (AvgIpc) is 3.12. The van der Waals surface area contributed by atoms with Crippen molar-refractivity contribution in [3.05, 3.63) is 53.9 Å². The van der Waals surface area contributed by atoms with Crippen molar-refractivity contribution in [2.75, 3.05) is 24.5 Å².